The third-order valence-corrected chi connectivity index (χ3v) is 3.06. The zero-order valence-electron chi connectivity index (χ0n) is 12.2. The van der Waals surface area contributed by atoms with Gasteiger partial charge in [-0.3, -0.25) is 4.79 Å². The van der Waals surface area contributed by atoms with Crippen LogP contribution in [0.15, 0.2) is 40.6 Å². The topological polar surface area (TPSA) is 99.2 Å². The third kappa shape index (κ3) is 3.38. The van der Waals surface area contributed by atoms with E-state index in [1.165, 1.54) is 19.1 Å². The monoisotopic (exact) mass is 337 g/mol. The second-order valence-corrected chi connectivity index (χ2v) is 4.63. The number of hydrogen-bond donors (Lipinski definition) is 2. The van der Waals surface area contributed by atoms with Crippen LogP contribution in [0, 0.1) is 18.3 Å². The van der Waals surface area contributed by atoms with Gasteiger partial charge in [-0.05, 0) is 19.1 Å². The van der Waals surface area contributed by atoms with E-state index in [2.05, 4.69) is 5.16 Å². The molecule has 0 aliphatic heterocycles. The van der Waals surface area contributed by atoms with Crippen LogP contribution in [0.4, 0.5) is 18.9 Å². The average molecular weight is 337 g/mol. The molecule has 0 radical (unpaired) electrons. The first-order chi connectivity index (χ1) is 11.3. The Balaban J connectivity index is 2.40. The first-order valence-corrected chi connectivity index (χ1v) is 6.48. The van der Waals surface area contributed by atoms with Crippen molar-refractivity contribution in [3.05, 3.63) is 52.9 Å². The van der Waals surface area contributed by atoms with Crippen LogP contribution in [-0.4, -0.2) is 16.2 Å². The number of alkyl halides is 3. The largest absolute Gasteiger partial charge is 0.506 e. The number of aryl methyl sites for hydroxylation is 1. The van der Waals surface area contributed by atoms with Crippen molar-refractivity contribution in [2.24, 2.45) is 0 Å². The number of para-hydroxylation sites is 1. The predicted molar refractivity (Wildman–Crippen MR) is 76.5 cm³/mol. The Bertz CT molecular complexity index is 847. The minimum Gasteiger partial charge on any atom is -0.506 e. The van der Waals surface area contributed by atoms with Gasteiger partial charge in [0.1, 0.15) is 11.8 Å². The Labute approximate surface area is 133 Å². The summed E-state index contributed by atoms with van der Waals surface area (Å²) in [5, 5.41) is 24.4. The third-order valence-electron chi connectivity index (χ3n) is 3.06. The molecule has 6 nitrogen and oxygen atoms in total. The van der Waals surface area contributed by atoms with Gasteiger partial charge in [-0.2, -0.15) is 18.4 Å². The summed E-state index contributed by atoms with van der Waals surface area (Å²) >= 11 is 0. The fourth-order valence-electron chi connectivity index (χ4n) is 1.90. The molecule has 124 valence electrons. The molecule has 1 heterocycles. The molecule has 2 aromatic rings. The molecule has 24 heavy (non-hydrogen) atoms. The second-order valence-electron chi connectivity index (χ2n) is 4.63. The van der Waals surface area contributed by atoms with Crippen LogP contribution in [0.1, 0.15) is 16.9 Å². The number of anilines is 1. The van der Waals surface area contributed by atoms with Crippen molar-refractivity contribution in [2.75, 3.05) is 5.32 Å². The van der Waals surface area contributed by atoms with Gasteiger partial charge in [0.15, 0.2) is 11.3 Å². The highest BCUT2D eigenvalue weighted by Gasteiger charge is 2.34. The van der Waals surface area contributed by atoms with Crippen LogP contribution in [0.3, 0.4) is 0 Å². The Morgan fingerprint density at radius 1 is 1.38 bits per heavy atom. The number of carbonyl (C=O) groups is 1. The summed E-state index contributed by atoms with van der Waals surface area (Å²) in [4.78, 5) is 12.1. The molecule has 0 saturated carbocycles. The molecule has 0 spiro atoms. The van der Waals surface area contributed by atoms with Crippen molar-refractivity contribution >= 4 is 17.4 Å². The summed E-state index contributed by atoms with van der Waals surface area (Å²) in [6.45, 7) is 1.43. The molecule has 1 aromatic heterocycles. The van der Waals surface area contributed by atoms with E-state index < -0.39 is 34.7 Å². The lowest BCUT2D eigenvalue weighted by atomic mass is 10.1. The average Bonchev–Trinajstić information content (AvgIpc) is 2.93. The minimum atomic E-state index is -4.69. The predicted octanol–water partition coefficient (Wildman–Crippen LogP) is 3.43. The smallest absolute Gasteiger partial charge is 0.418 e. The van der Waals surface area contributed by atoms with Gasteiger partial charge in [0.2, 0.25) is 0 Å². The van der Waals surface area contributed by atoms with E-state index in [4.69, 9.17) is 9.78 Å². The Kier molecular flexibility index (Phi) is 4.59. The molecule has 0 aliphatic rings. The van der Waals surface area contributed by atoms with E-state index in [9.17, 15) is 23.1 Å². The number of hydrogen-bond acceptors (Lipinski definition) is 5. The van der Waals surface area contributed by atoms with Crippen molar-refractivity contribution in [3.63, 3.8) is 0 Å². The molecular weight excluding hydrogens is 327 g/mol. The summed E-state index contributed by atoms with van der Waals surface area (Å²) in [6.07, 6.45) is -3.60. The highest BCUT2D eigenvalue weighted by molar-refractivity contribution is 6.11. The van der Waals surface area contributed by atoms with Crippen molar-refractivity contribution in [1.82, 2.24) is 5.16 Å². The van der Waals surface area contributed by atoms with Crippen LogP contribution < -0.4 is 5.32 Å². The fraction of sp³-hybridized carbons (Fsp3) is 0.133. The van der Waals surface area contributed by atoms with E-state index in [1.807, 2.05) is 5.32 Å². The molecule has 2 N–H and O–H groups in total. The fourth-order valence-corrected chi connectivity index (χ4v) is 1.90. The lowest BCUT2D eigenvalue weighted by Gasteiger charge is -2.13. The molecule has 2 rings (SSSR count). The molecule has 1 aromatic carbocycles. The number of halogens is 3. The number of aliphatic hydroxyl groups is 1. The molecule has 1 amide bonds. The van der Waals surface area contributed by atoms with E-state index >= 15 is 0 Å². The SMILES string of the molecule is Cc1oncc1/C(O)=C(\C#N)C(=O)Nc1ccccc1C(F)(F)F. The number of carbonyl (C=O) groups excluding carboxylic acids is 1. The first kappa shape index (κ1) is 17.1. The Hall–Kier alpha value is -3.28. The summed E-state index contributed by atoms with van der Waals surface area (Å²) < 4.78 is 43.5. The van der Waals surface area contributed by atoms with Crippen LogP contribution in [0.25, 0.3) is 5.76 Å². The Morgan fingerprint density at radius 3 is 2.58 bits per heavy atom. The Morgan fingerprint density at radius 2 is 2.04 bits per heavy atom. The van der Waals surface area contributed by atoms with Crippen molar-refractivity contribution < 1.29 is 27.6 Å². The molecule has 0 bridgehead atoms. The standard InChI is InChI=1S/C15H10F3N3O3/c1-8-10(7-20-24-8)13(22)9(6-19)14(23)21-12-5-3-2-4-11(12)15(16,17)18/h2-5,7,22H,1H3,(H,21,23)/b13-9-. The number of nitrogens with zero attached hydrogens (tertiary/aromatic N) is 2. The highest BCUT2D eigenvalue weighted by Crippen LogP contribution is 2.34. The van der Waals surface area contributed by atoms with Gasteiger partial charge in [-0.15, -0.1) is 0 Å². The van der Waals surface area contributed by atoms with Crippen LogP contribution >= 0.6 is 0 Å². The number of rotatable bonds is 3. The van der Waals surface area contributed by atoms with Crippen LogP contribution in [0.5, 0.6) is 0 Å². The van der Waals surface area contributed by atoms with E-state index in [0.717, 1.165) is 24.4 Å². The molecule has 0 fully saturated rings. The van der Waals surface area contributed by atoms with Crippen molar-refractivity contribution in [1.29, 1.82) is 5.26 Å². The summed E-state index contributed by atoms with van der Waals surface area (Å²) in [6, 6.07) is 5.75. The second kappa shape index (κ2) is 6.45. The molecule has 0 aliphatic carbocycles. The lowest BCUT2D eigenvalue weighted by molar-refractivity contribution is -0.137. The number of aromatic nitrogens is 1. The van der Waals surface area contributed by atoms with Gasteiger partial charge in [0.05, 0.1) is 23.0 Å². The molecular formula is C15H10F3N3O3. The quantitative estimate of drug-likeness (QED) is 0.508. The van der Waals surface area contributed by atoms with Gasteiger partial charge in [-0.1, -0.05) is 17.3 Å². The zero-order valence-corrected chi connectivity index (χ0v) is 12.2. The van der Waals surface area contributed by atoms with E-state index in [-0.39, 0.29) is 11.3 Å². The summed E-state index contributed by atoms with van der Waals surface area (Å²) in [5.74, 6) is -1.78. The van der Waals surface area contributed by atoms with Crippen LogP contribution in [0.2, 0.25) is 0 Å². The number of benzene rings is 1. The maximum Gasteiger partial charge on any atom is 0.418 e. The molecule has 0 unspecified atom stereocenters. The first-order valence-electron chi connectivity index (χ1n) is 6.48. The maximum absolute atomic E-state index is 12.9. The molecule has 0 saturated heterocycles. The zero-order chi connectivity index (χ0) is 17.9. The normalized spacial score (nSPS) is 12.3. The van der Waals surface area contributed by atoms with Gasteiger partial charge < -0.3 is 14.9 Å². The number of aliphatic hydroxyl groups excluding tert-OH is 1. The highest BCUT2D eigenvalue weighted by atomic mass is 19.4. The van der Waals surface area contributed by atoms with Crippen LogP contribution in [-0.2, 0) is 11.0 Å². The summed E-state index contributed by atoms with van der Waals surface area (Å²) in [5.41, 5.74) is -2.38. The molecule has 0 atom stereocenters. The van der Waals surface area contributed by atoms with Gasteiger partial charge in [-0.25, -0.2) is 0 Å². The van der Waals surface area contributed by atoms with Gasteiger partial charge in [0.25, 0.3) is 5.91 Å². The number of amides is 1. The van der Waals surface area contributed by atoms with E-state index in [1.54, 1.807) is 0 Å². The van der Waals surface area contributed by atoms with Gasteiger partial charge >= 0.3 is 6.18 Å². The van der Waals surface area contributed by atoms with E-state index in [0.29, 0.717) is 0 Å². The van der Waals surface area contributed by atoms with Gasteiger partial charge in [0, 0.05) is 0 Å². The molecule has 9 heteroatoms. The minimum absolute atomic E-state index is 0.00851. The summed E-state index contributed by atoms with van der Waals surface area (Å²) in [7, 11) is 0. The van der Waals surface area contributed by atoms with Crippen molar-refractivity contribution in [2.45, 2.75) is 13.1 Å². The van der Waals surface area contributed by atoms with Crippen molar-refractivity contribution in [3.8, 4) is 6.07 Å². The number of nitriles is 1. The lowest BCUT2D eigenvalue weighted by Crippen LogP contribution is -2.18. The number of nitrogens with one attached hydrogen (secondary N) is 1. The maximum atomic E-state index is 12.9.